The van der Waals surface area contributed by atoms with Crippen LogP contribution in [0.5, 0.6) is 0 Å². The minimum Gasteiger partial charge on any atom is -0.378 e. The van der Waals surface area contributed by atoms with Gasteiger partial charge in [0.2, 0.25) is 0 Å². The molecule has 1 aliphatic rings. The molecule has 1 fully saturated rings. The van der Waals surface area contributed by atoms with Crippen LogP contribution in [0.3, 0.4) is 0 Å². The SMILES string of the molecule is CCC1CC(CBr)CCO1. The minimum absolute atomic E-state index is 0.538. The van der Waals surface area contributed by atoms with Gasteiger partial charge in [-0.2, -0.15) is 0 Å². The first-order chi connectivity index (χ1) is 4.86. The molecule has 1 saturated heterocycles. The van der Waals surface area contributed by atoms with Crippen LogP contribution >= 0.6 is 15.9 Å². The summed E-state index contributed by atoms with van der Waals surface area (Å²) in [6.07, 6.45) is 4.20. The van der Waals surface area contributed by atoms with Crippen molar-refractivity contribution in [1.29, 1.82) is 0 Å². The summed E-state index contributed by atoms with van der Waals surface area (Å²) >= 11 is 3.51. The Labute approximate surface area is 71.3 Å². The van der Waals surface area contributed by atoms with E-state index in [1.807, 2.05) is 0 Å². The third-order valence-corrected chi connectivity index (χ3v) is 3.07. The Bertz CT molecular complexity index is 85.3. The standard InChI is InChI=1S/C8H15BrO/c1-2-8-5-7(6-9)3-4-10-8/h7-8H,2-6H2,1H3. The molecule has 1 aliphatic heterocycles. The van der Waals surface area contributed by atoms with Crippen molar-refractivity contribution >= 4 is 15.9 Å². The summed E-state index contributed by atoms with van der Waals surface area (Å²) in [5.41, 5.74) is 0. The molecule has 2 heteroatoms. The first-order valence-electron chi connectivity index (χ1n) is 4.04. The highest BCUT2D eigenvalue weighted by molar-refractivity contribution is 9.09. The molecule has 0 saturated carbocycles. The van der Waals surface area contributed by atoms with E-state index < -0.39 is 0 Å². The van der Waals surface area contributed by atoms with E-state index in [9.17, 15) is 0 Å². The summed E-state index contributed by atoms with van der Waals surface area (Å²) in [5, 5.41) is 1.15. The largest absolute Gasteiger partial charge is 0.378 e. The number of rotatable bonds is 2. The molecule has 1 heterocycles. The van der Waals surface area contributed by atoms with Gasteiger partial charge < -0.3 is 4.74 Å². The second-order valence-corrected chi connectivity index (χ2v) is 3.59. The number of hydrogen-bond acceptors (Lipinski definition) is 1. The molecule has 1 nitrogen and oxygen atoms in total. The van der Waals surface area contributed by atoms with Gasteiger partial charge >= 0.3 is 0 Å². The number of hydrogen-bond donors (Lipinski definition) is 0. The van der Waals surface area contributed by atoms with Crippen LogP contribution in [0.25, 0.3) is 0 Å². The lowest BCUT2D eigenvalue weighted by Gasteiger charge is -2.27. The highest BCUT2D eigenvalue weighted by Crippen LogP contribution is 2.23. The predicted octanol–water partition coefficient (Wildman–Crippen LogP) is 2.59. The van der Waals surface area contributed by atoms with Gasteiger partial charge in [-0.25, -0.2) is 0 Å². The molecule has 2 atom stereocenters. The number of alkyl halides is 1. The summed E-state index contributed by atoms with van der Waals surface area (Å²) in [6, 6.07) is 0. The molecule has 0 aliphatic carbocycles. The van der Waals surface area contributed by atoms with Crippen molar-refractivity contribution in [2.24, 2.45) is 5.92 Å². The quantitative estimate of drug-likeness (QED) is 0.632. The monoisotopic (exact) mass is 206 g/mol. The molecular formula is C8H15BrO. The molecule has 2 unspecified atom stereocenters. The third kappa shape index (κ3) is 2.24. The van der Waals surface area contributed by atoms with Crippen LogP contribution in [0, 0.1) is 5.92 Å². The van der Waals surface area contributed by atoms with Crippen LogP contribution < -0.4 is 0 Å². The van der Waals surface area contributed by atoms with Crippen LogP contribution in [0.2, 0.25) is 0 Å². The molecule has 0 amide bonds. The molecule has 0 aromatic rings. The molecular weight excluding hydrogens is 192 g/mol. The van der Waals surface area contributed by atoms with Crippen LogP contribution in [0.4, 0.5) is 0 Å². The van der Waals surface area contributed by atoms with Crippen molar-refractivity contribution in [3.8, 4) is 0 Å². The fourth-order valence-corrected chi connectivity index (χ4v) is 1.97. The maximum Gasteiger partial charge on any atom is 0.0575 e. The molecule has 0 bridgehead atoms. The van der Waals surface area contributed by atoms with E-state index in [4.69, 9.17) is 4.74 Å². The first kappa shape index (κ1) is 8.54. The lowest BCUT2D eigenvalue weighted by Crippen LogP contribution is -2.25. The van der Waals surface area contributed by atoms with Gasteiger partial charge in [0.05, 0.1) is 6.10 Å². The molecule has 1 rings (SSSR count). The second kappa shape index (κ2) is 4.35. The molecule has 0 radical (unpaired) electrons. The topological polar surface area (TPSA) is 9.23 Å². The zero-order chi connectivity index (χ0) is 7.40. The van der Waals surface area contributed by atoms with Crippen LogP contribution in [-0.4, -0.2) is 18.0 Å². The summed E-state index contributed by atoms with van der Waals surface area (Å²) in [5.74, 6) is 0.860. The van der Waals surface area contributed by atoms with Crippen molar-refractivity contribution in [2.45, 2.75) is 32.3 Å². The van der Waals surface area contributed by atoms with Crippen LogP contribution in [0.1, 0.15) is 26.2 Å². The van der Waals surface area contributed by atoms with E-state index in [0.717, 1.165) is 17.9 Å². The van der Waals surface area contributed by atoms with E-state index in [0.29, 0.717) is 6.10 Å². The lowest BCUT2D eigenvalue weighted by atomic mass is 9.96. The Kier molecular flexibility index (Phi) is 3.71. The Balaban J connectivity index is 2.25. The van der Waals surface area contributed by atoms with Gasteiger partial charge in [0.15, 0.2) is 0 Å². The van der Waals surface area contributed by atoms with Gasteiger partial charge in [0.25, 0.3) is 0 Å². The molecule has 0 aromatic heterocycles. The van der Waals surface area contributed by atoms with Gasteiger partial charge in [-0.1, -0.05) is 22.9 Å². The average molecular weight is 207 g/mol. The highest BCUT2D eigenvalue weighted by Gasteiger charge is 2.19. The van der Waals surface area contributed by atoms with Gasteiger partial charge in [-0.15, -0.1) is 0 Å². The zero-order valence-electron chi connectivity index (χ0n) is 6.48. The molecule has 0 spiro atoms. The summed E-state index contributed by atoms with van der Waals surface area (Å²) in [6.45, 7) is 3.16. The highest BCUT2D eigenvalue weighted by atomic mass is 79.9. The summed E-state index contributed by atoms with van der Waals surface area (Å²) in [7, 11) is 0. The van der Waals surface area contributed by atoms with Crippen LogP contribution in [0.15, 0.2) is 0 Å². The lowest BCUT2D eigenvalue weighted by molar-refractivity contribution is -0.00526. The second-order valence-electron chi connectivity index (χ2n) is 2.95. The molecule has 60 valence electrons. The van der Waals surface area contributed by atoms with E-state index in [1.54, 1.807) is 0 Å². The average Bonchev–Trinajstić information content (AvgIpc) is 2.05. The number of ether oxygens (including phenoxy) is 1. The van der Waals surface area contributed by atoms with Gasteiger partial charge in [-0.05, 0) is 25.2 Å². The van der Waals surface area contributed by atoms with E-state index in [-0.39, 0.29) is 0 Å². The maximum atomic E-state index is 5.54. The zero-order valence-corrected chi connectivity index (χ0v) is 8.06. The normalized spacial score (nSPS) is 34.2. The predicted molar refractivity (Wildman–Crippen MR) is 46.5 cm³/mol. The van der Waals surface area contributed by atoms with E-state index in [2.05, 4.69) is 22.9 Å². The Morgan fingerprint density at radius 3 is 3.00 bits per heavy atom. The summed E-state index contributed by atoms with van der Waals surface area (Å²) in [4.78, 5) is 0. The van der Waals surface area contributed by atoms with Crippen LogP contribution in [-0.2, 0) is 4.74 Å². The third-order valence-electron chi connectivity index (χ3n) is 2.15. The van der Waals surface area contributed by atoms with E-state index >= 15 is 0 Å². The first-order valence-corrected chi connectivity index (χ1v) is 5.16. The molecule has 0 aromatic carbocycles. The summed E-state index contributed by atoms with van der Waals surface area (Å²) < 4.78 is 5.54. The molecule has 0 N–H and O–H groups in total. The van der Waals surface area contributed by atoms with Gasteiger partial charge in [0, 0.05) is 11.9 Å². The van der Waals surface area contributed by atoms with E-state index in [1.165, 1.54) is 19.3 Å². The Morgan fingerprint density at radius 2 is 2.40 bits per heavy atom. The van der Waals surface area contributed by atoms with Crippen molar-refractivity contribution in [3.05, 3.63) is 0 Å². The number of halogens is 1. The fraction of sp³-hybridized carbons (Fsp3) is 1.00. The van der Waals surface area contributed by atoms with Crippen molar-refractivity contribution in [1.82, 2.24) is 0 Å². The fourth-order valence-electron chi connectivity index (χ4n) is 1.38. The maximum absolute atomic E-state index is 5.54. The van der Waals surface area contributed by atoms with Crippen molar-refractivity contribution < 1.29 is 4.74 Å². The van der Waals surface area contributed by atoms with Crippen molar-refractivity contribution in [2.75, 3.05) is 11.9 Å². The smallest absolute Gasteiger partial charge is 0.0575 e. The van der Waals surface area contributed by atoms with Gasteiger partial charge in [0.1, 0.15) is 0 Å². The minimum atomic E-state index is 0.538. The van der Waals surface area contributed by atoms with Crippen molar-refractivity contribution in [3.63, 3.8) is 0 Å². The Morgan fingerprint density at radius 1 is 1.60 bits per heavy atom. The molecule has 10 heavy (non-hydrogen) atoms. The Hall–Kier alpha value is 0.440. The van der Waals surface area contributed by atoms with Gasteiger partial charge in [-0.3, -0.25) is 0 Å².